The van der Waals surface area contributed by atoms with E-state index in [1.54, 1.807) is 25.3 Å². The van der Waals surface area contributed by atoms with E-state index in [4.69, 9.17) is 4.74 Å². The number of carbonyl (C=O) groups excluding carboxylic acids is 1. The molecule has 0 unspecified atom stereocenters. The Balaban J connectivity index is 0.00000392. The monoisotopic (exact) mass is 500 g/mol. The van der Waals surface area contributed by atoms with E-state index in [2.05, 4.69) is 20.9 Å². The number of amides is 1. The highest BCUT2D eigenvalue weighted by Crippen LogP contribution is 2.10. The van der Waals surface area contributed by atoms with Crippen LogP contribution in [0, 0.1) is 5.82 Å². The SMILES string of the molecule is CCNC(=NCc1ccccc1F)NCC(=O)NCc1ccc(OC)cc1.I. The lowest BCUT2D eigenvalue weighted by molar-refractivity contribution is -0.120. The molecule has 3 N–H and O–H groups in total. The van der Waals surface area contributed by atoms with Gasteiger partial charge in [-0.2, -0.15) is 0 Å². The smallest absolute Gasteiger partial charge is 0.239 e. The van der Waals surface area contributed by atoms with Gasteiger partial charge >= 0.3 is 0 Å². The number of hydrogen-bond donors (Lipinski definition) is 3. The topological polar surface area (TPSA) is 74.8 Å². The minimum absolute atomic E-state index is 0. The van der Waals surface area contributed by atoms with Crippen molar-refractivity contribution in [3.63, 3.8) is 0 Å². The normalized spacial score (nSPS) is 10.6. The molecule has 0 aliphatic carbocycles. The van der Waals surface area contributed by atoms with E-state index in [0.717, 1.165) is 11.3 Å². The third kappa shape index (κ3) is 8.12. The number of guanidine groups is 1. The summed E-state index contributed by atoms with van der Waals surface area (Å²) in [6.07, 6.45) is 0. The number of ether oxygens (including phenoxy) is 1. The molecule has 0 radical (unpaired) electrons. The molecule has 0 heterocycles. The van der Waals surface area contributed by atoms with E-state index in [-0.39, 0.29) is 48.8 Å². The molecule has 0 aromatic heterocycles. The van der Waals surface area contributed by atoms with Gasteiger partial charge in [-0.15, -0.1) is 24.0 Å². The molecule has 1 amide bonds. The van der Waals surface area contributed by atoms with Gasteiger partial charge in [-0.3, -0.25) is 4.79 Å². The fourth-order valence-corrected chi connectivity index (χ4v) is 2.30. The number of benzene rings is 2. The quantitative estimate of drug-likeness (QED) is 0.296. The average molecular weight is 500 g/mol. The van der Waals surface area contributed by atoms with Crippen molar-refractivity contribution in [1.29, 1.82) is 0 Å². The molecule has 2 aromatic carbocycles. The molecule has 0 spiro atoms. The Kier molecular flexibility index (Phi) is 10.9. The molecular formula is C20H26FIN4O2. The zero-order chi connectivity index (χ0) is 19.5. The molecule has 8 heteroatoms. The summed E-state index contributed by atoms with van der Waals surface area (Å²) in [6.45, 7) is 3.24. The van der Waals surface area contributed by atoms with E-state index in [1.807, 2.05) is 31.2 Å². The predicted octanol–water partition coefficient (Wildman–Crippen LogP) is 2.82. The van der Waals surface area contributed by atoms with Gasteiger partial charge in [-0.05, 0) is 30.7 Å². The van der Waals surface area contributed by atoms with Crippen LogP contribution < -0.4 is 20.7 Å². The molecule has 0 atom stereocenters. The molecular weight excluding hydrogens is 474 g/mol. The number of nitrogens with zero attached hydrogens (tertiary/aromatic N) is 1. The zero-order valence-electron chi connectivity index (χ0n) is 16.0. The second-order valence-corrected chi connectivity index (χ2v) is 5.76. The third-order valence-electron chi connectivity index (χ3n) is 3.77. The predicted molar refractivity (Wildman–Crippen MR) is 119 cm³/mol. The number of rotatable bonds is 8. The Hall–Kier alpha value is -2.36. The molecule has 0 aliphatic rings. The van der Waals surface area contributed by atoms with E-state index in [1.165, 1.54) is 6.07 Å². The zero-order valence-corrected chi connectivity index (χ0v) is 18.3. The van der Waals surface area contributed by atoms with E-state index in [9.17, 15) is 9.18 Å². The summed E-state index contributed by atoms with van der Waals surface area (Å²) in [5.41, 5.74) is 1.47. The highest BCUT2D eigenvalue weighted by Gasteiger charge is 2.05. The second-order valence-electron chi connectivity index (χ2n) is 5.76. The van der Waals surface area contributed by atoms with Gasteiger partial charge in [0.1, 0.15) is 11.6 Å². The van der Waals surface area contributed by atoms with Gasteiger partial charge in [-0.1, -0.05) is 30.3 Å². The van der Waals surface area contributed by atoms with Crippen LogP contribution in [0.4, 0.5) is 4.39 Å². The first-order valence-electron chi connectivity index (χ1n) is 8.77. The molecule has 152 valence electrons. The molecule has 0 bridgehead atoms. The highest BCUT2D eigenvalue weighted by molar-refractivity contribution is 14.0. The summed E-state index contributed by atoms with van der Waals surface area (Å²) in [5.74, 6) is 0.769. The third-order valence-corrected chi connectivity index (χ3v) is 3.77. The standard InChI is InChI=1S/C20H25FN4O2.HI/c1-3-22-20(24-13-16-6-4-5-7-18(16)21)25-14-19(26)23-12-15-8-10-17(27-2)11-9-15;/h4-11H,3,12-14H2,1-2H3,(H,23,26)(H2,22,24,25);1H. The summed E-state index contributed by atoms with van der Waals surface area (Å²) in [5, 5.41) is 8.82. The fourth-order valence-electron chi connectivity index (χ4n) is 2.30. The van der Waals surface area contributed by atoms with Crippen LogP contribution in [0.1, 0.15) is 18.1 Å². The average Bonchev–Trinajstić information content (AvgIpc) is 2.70. The molecule has 0 saturated heterocycles. The Morgan fingerprint density at radius 2 is 1.79 bits per heavy atom. The Labute approximate surface area is 182 Å². The van der Waals surface area contributed by atoms with Crippen LogP contribution in [0.2, 0.25) is 0 Å². The summed E-state index contributed by atoms with van der Waals surface area (Å²) in [7, 11) is 1.61. The van der Waals surface area contributed by atoms with Crippen LogP contribution in [0.3, 0.4) is 0 Å². The van der Waals surface area contributed by atoms with Gasteiger partial charge in [-0.25, -0.2) is 9.38 Å². The van der Waals surface area contributed by atoms with Crippen LogP contribution >= 0.6 is 24.0 Å². The largest absolute Gasteiger partial charge is 0.497 e. The summed E-state index contributed by atoms with van der Waals surface area (Å²) < 4.78 is 18.8. The van der Waals surface area contributed by atoms with Crippen LogP contribution in [-0.4, -0.2) is 32.1 Å². The lowest BCUT2D eigenvalue weighted by atomic mass is 10.2. The molecule has 0 aliphatic heterocycles. The number of hydrogen-bond acceptors (Lipinski definition) is 3. The number of aliphatic imine (C=N–C) groups is 1. The number of methoxy groups -OCH3 is 1. The van der Waals surface area contributed by atoms with Crippen molar-refractivity contribution in [3.05, 3.63) is 65.5 Å². The van der Waals surface area contributed by atoms with Crippen molar-refractivity contribution < 1.29 is 13.9 Å². The van der Waals surface area contributed by atoms with E-state index >= 15 is 0 Å². The number of nitrogens with one attached hydrogen (secondary N) is 3. The Bertz CT molecular complexity index is 769. The molecule has 2 rings (SSSR count). The van der Waals surface area contributed by atoms with Gasteiger partial charge in [0.05, 0.1) is 20.2 Å². The molecule has 2 aromatic rings. The molecule has 0 saturated carbocycles. The van der Waals surface area contributed by atoms with Gasteiger partial charge < -0.3 is 20.7 Å². The summed E-state index contributed by atoms with van der Waals surface area (Å²) >= 11 is 0. The van der Waals surface area contributed by atoms with Crippen LogP contribution in [0.25, 0.3) is 0 Å². The van der Waals surface area contributed by atoms with Crippen LogP contribution in [0.15, 0.2) is 53.5 Å². The maximum absolute atomic E-state index is 13.7. The van der Waals surface area contributed by atoms with Crippen molar-refractivity contribution in [3.8, 4) is 5.75 Å². The van der Waals surface area contributed by atoms with Gasteiger partial charge in [0, 0.05) is 18.7 Å². The lowest BCUT2D eigenvalue weighted by Gasteiger charge is -2.12. The highest BCUT2D eigenvalue weighted by atomic mass is 127. The van der Waals surface area contributed by atoms with Crippen molar-refractivity contribution in [2.45, 2.75) is 20.0 Å². The minimum Gasteiger partial charge on any atom is -0.497 e. The molecule has 0 fully saturated rings. The van der Waals surface area contributed by atoms with Crippen LogP contribution in [0.5, 0.6) is 5.75 Å². The number of halogens is 2. The van der Waals surface area contributed by atoms with Crippen molar-refractivity contribution in [1.82, 2.24) is 16.0 Å². The first-order valence-corrected chi connectivity index (χ1v) is 8.77. The van der Waals surface area contributed by atoms with Crippen molar-refractivity contribution in [2.24, 2.45) is 4.99 Å². The number of carbonyl (C=O) groups is 1. The van der Waals surface area contributed by atoms with Gasteiger partial charge in [0.15, 0.2) is 5.96 Å². The lowest BCUT2D eigenvalue weighted by Crippen LogP contribution is -2.43. The van der Waals surface area contributed by atoms with Crippen molar-refractivity contribution >= 4 is 35.8 Å². The first-order chi connectivity index (χ1) is 13.1. The molecule has 28 heavy (non-hydrogen) atoms. The summed E-state index contributed by atoms with van der Waals surface area (Å²) in [4.78, 5) is 16.3. The second kappa shape index (κ2) is 12.9. The first kappa shape index (κ1) is 23.7. The molecule has 6 nitrogen and oxygen atoms in total. The maximum atomic E-state index is 13.7. The van der Waals surface area contributed by atoms with E-state index < -0.39 is 0 Å². The van der Waals surface area contributed by atoms with Gasteiger partial charge in [0.2, 0.25) is 5.91 Å². The Morgan fingerprint density at radius 1 is 1.07 bits per heavy atom. The minimum atomic E-state index is -0.297. The Morgan fingerprint density at radius 3 is 2.43 bits per heavy atom. The summed E-state index contributed by atoms with van der Waals surface area (Å²) in [6, 6.07) is 14.0. The van der Waals surface area contributed by atoms with Crippen LogP contribution in [-0.2, 0) is 17.9 Å². The van der Waals surface area contributed by atoms with Crippen molar-refractivity contribution in [2.75, 3.05) is 20.2 Å². The fraction of sp³-hybridized carbons (Fsp3) is 0.300. The maximum Gasteiger partial charge on any atom is 0.239 e. The van der Waals surface area contributed by atoms with Gasteiger partial charge in [0.25, 0.3) is 0 Å². The van der Waals surface area contributed by atoms with E-state index in [0.29, 0.717) is 24.6 Å².